The second kappa shape index (κ2) is 11.8. The number of piperidine rings is 1. The highest BCUT2D eigenvalue weighted by molar-refractivity contribution is 7.10. The Morgan fingerprint density at radius 1 is 1.25 bits per heavy atom. The van der Waals surface area contributed by atoms with Gasteiger partial charge in [0.15, 0.2) is 5.96 Å². The molecule has 0 amide bonds. The molecule has 0 radical (unpaired) electrons. The zero-order valence-corrected chi connectivity index (χ0v) is 18.3. The van der Waals surface area contributed by atoms with Crippen LogP contribution in [0.15, 0.2) is 22.5 Å². The number of guanidine groups is 1. The van der Waals surface area contributed by atoms with Crippen molar-refractivity contribution in [2.24, 2.45) is 10.9 Å². The normalized spacial score (nSPS) is 25.0. The van der Waals surface area contributed by atoms with Gasteiger partial charge in [-0.2, -0.15) is 0 Å². The molecule has 6 nitrogen and oxygen atoms in total. The molecule has 2 aliphatic rings. The maximum Gasteiger partial charge on any atom is 0.190 e. The number of hydrogen-bond donors (Lipinski definition) is 2. The van der Waals surface area contributed by atoms with Gasteiger partial charge in [0.05, 0.1) is 13.2 Å². The van der Waals surface area contributed by atoms with E-state index in [2.05, 4.69) is 50.0 Å². The predicted molar refractivity (Wildman–Crippen MR) is 118 cm³/mol. The fourth-order valence-electron chi connectivity index (χ4n) is 4.32. The summed E-state index contributed by atoms with van der Waals surface area (Å²) in [5.41, 5.74) is 0. The van der Waals surface area contributed by atoms with Gasteiger partial charge in [0, 0.05) is 44.1 Å². The molecule has 7 heteroatoms. The molecule has 3 heterocycles. The number of morpholine rings is 1. The summed E-state index contributed by atoms with van der Waals surface area (Å²) in [6.45, 7) is 8.25. The molecule has 158 valence electrons. The third kappa shape index (κ3) is 6.44. The van der Waals surface area contributed by atoms with Crippen LogP contribution in [0.2, 0.25) is 0 Å². The molecule has 2 unspecified atom stereocenters. The van der Waals surface area contributed by atoms with E-state index in [0.717, 1.165) is 45.4 Å². The molecule has 28 heavy (non-hydrogen) atoms. The lowest BCUT2D eigenvalue weighted by Gasteiger charge is -2.39. The van der Waals surface area contributed by atoms with Crippen LogP contribution in [-0.2, 0) is 4.74 Å². The van der Waals surface area contributed by atoms with Gasteiger partial charge >= 0.3 is 0 Å². The summed E-state index contributed by atoms with van der Waals surface area (Å²) in [6, 6.07) is 4.98. The zero-order chi connectivity index (χ0) is 19.6. The van der Waals surface area contributed by atoms with E-state index in [1.165, 1.54) is 43.6 Å². The fraction of sp³-hybridized carbons (Fsp3) is 0.762. The van der Waals surface area contributed by atoms with Gasteiger partial charge in [-0.1, -0.05) is 6.07 Å². The molecule has 0 bridgehead atoms. The Morgan fingerprint density at radius 3 is 2.86 bits per heavy atom. The standard InChI is InChI=1S/C21H37N5OS/c1-22-21(23-9-3-4-11-26-12-14-27-15-13-26)24-17-18-7-5-10-25(2)20(18)19-8-6-16-28-19/h6,8,16,18,20H,3-5,7,9-15,17H2,1-2H3,(H2,22,23,24). The van der Waals surface area contributed by atoms with Crippen molar-refractivity contribution in [3.05, 3.63) is 22.4 Å². The fourth-order valence-corrected chi connectivity index (χ4v) is 5.31. The Labute approximate surface area is 174 Å². The largest absolute Gasteiger partial charge is 0.379 e. The number of hydrogen-bond acceptors (Lipinski definition) is 5. The average Bonchev–Trinajstić information content (AvgIpc) is 3.25. The van der Waals surface area contributed by atoms with E-state index in [4.69, 9.17) is 4.74 Å². The first-order valence-electron chi connectivity index (χ1n) is 10.8. The average molecular weight is 408 g/mol. The number of thiophene rings is 1. The summed E-state index contributed by atoms with van der Waals surface area (Å²) in [7, 11) is 4.13. The van der Waals surface area contributed by atoms with Crippen LogP contribution in [0.5, 0.6) is 0 Å². The molecule has 1 aromatic heterocycles. The smallest absolute Gasteiger partial charge is 0.190 e. The van der Waals surface area contributed by atoms with Crippen molar-refractivity contribution < 1.29 is 4.74 Å². The van der Waals surface area contributed by atoms with E-state index in [1.54, 1.807) is 0 Å². The van der Waals surface area contributed by atoms with E-state index >= 15 is 0 Å². The van der Waals surface area contributed by atoms with Crippen LogP contribution in [0, 0.1) is 5.92 Å². The molecule has 2 saturated heterocycles. The highest BCUT2D eigenvalue weighted by Gasteiger charge is 2.31. The Bertz CT molecular complexity index is 573. The molecule has 1 aromatic rings. The Morgan fingerprint density at radius 2 is 2.11 bits per heavy atom. The van der Waals surface area contributed by atoms with E-state index in [-0.39, 0.29) is 0 Å². The van der Waals surface area contributed by atoms with Crippen LogP contribution >= 0.6 is 11.3 Å². The minimum atomic E-state index is 0.521. The van der Waals surface area contributed by atoms with Gasteiger partial charge in [0.25, 0.3) is 0 Å². The first kappa shape index (κ1) is 21.6. The molecule has 2 aliphatic heterocycles. The summed E-state index contributed by atoms with van der Waals surface area (Å²) in [5.74, 6) is 1.56. The molecule has 2 atom stereocenters. The Kier molecular flexibility index (Phi) is 9.05. The van der Waals surface area contributed by atoms with Gasteiger partial charge in [0.1, 0.15) is 0 Å². The van der Waals surface area contributed by atoms with Crippen LogP contribution in [-0.4, -0.2) is 82.3 Å². The second-order valence-corrected chi connectivity index (χ2v) is 8.86. The quantitative estimate of drug-likeness (QED) is 0.394. The van der Waals surface area contributed by atoms with Crippen molar-refractivity contribution in [2.45, 2.75) is 31.7 Å². The molecule has 3 rings (SSSR count). The molecule has 2 fully saturated rings. The van der Waals surface area contributed by atoms with Crippen LogP contribution < -0.4 is 10.6 Å². The van der Waals surface area contributed by atoms with Gasteiger partial charge in [-0.3, -0.25) is 14.8 Å². The minimum absolute atomic E-state index is 0.521. The Hall–Kier alpha value is -1.15. The van der Waals surface area contributed by atoms with Crippen molar-refractivity contribution >= 4 is 17.3 Å². The number of ether oxygens (including phenoxy) is 1. The number of unbranched alkanes of at least 4 members (excludes halogenated alkanes) is 1. The first-order valence-corrected chi connectivity index (χ1v) is 11.6. The molecular weight excluding hydrogens is 370 g/mol. The second-order valence-electron chi connectivity index (χ2n) is 7.88. The number of rotatable bonds is 8. The van der Waals surface area contributed by atoms with E-state index < -0.39 is 0 Å². The van der Waals surface area contributed by atoms with Crippen LogP contribution in [0.25, 0.3) is 0 Å². The third-order valence-electron chi connectivity index (χ3n) is 5.89. The molecular formula is C21H37N5OS. The van der Waals surface area contributed by atoms with Gasteiger partial charge in [-0.15, -0.1) is 11.3 Å². The number of nitrogens with zero attached hydrogens (tertiary/aromatic N) is 3. The van der Waals surface area contributed by atoms with Gasteiger partial charge in [0.2, 0.25) is 0 Å². The Balaban J connectivity index is 1.37. The minimum Gasteiger partial charge on any atom is -0.379 e. The molecule has 0 saturated carbocycles. The lowest BCUT2D eigenvalue weighted by Crippen LogP contribution is -2.45. The van der Waals surface area contributed by atoms with Crippen molar-refractivity contribution in [2.75, 3.05) is 66.6 Å². The maximum absolute atomic E-state index is 5.41. The highest BCUT2D eigenvalue weighted by Crippen LogP contribution is 2.36. The predicted octanol–water partition coefficient (Wildman–Crippen LogP) is 2.41. The summed E-state index contributed by atoms with van der Waals surface area (Å²) < 4.78 is 5.41. The molecule has 0 aromatic carbocycles. The third-order valence-corrected chi connectivity index (χ3v) is 6.84. The van der Waals surface area contributed by atoms with Gasteiger partial charge < -0.3 is 15.4 Å². The molecule has 0 aliphatic carbocycles. The van der Waals surface area contributed by atoms with Crippen molar-refractivity contribution in [3.63, 3.8) is 0 Å². The van der Waals surface area contributed by atoms with Crippen LogP contribution in [0.4, 0.5) is 0 Å². The van der Waals surface area contributed by atoms with E-state index in [1.807, 2.05) is 18.4 Å². The van der Waals surface area contributed by atoms with Crippen molar-refractivity contribution in [1.82, 2.24) is 20.4 Å². The van der Waals surface area contributed by atoms with E-state index in [9.17, 15) is 0 Å². The molecule has 0 spiro atoms. The van der Waals surface area contributed by atoms with Gasteiger partial charge in [-0.25, -0.2) is 0 Å². The summed E-state index contributed by atoms with van der Waals surface area (Å²) in [4.78, 5) is 10.9. The molecule has 2 N–H and O–H groups in total. The maximum atomic E-state index is 5.41. The highest BCUT2D eigenvalue weighted by atomic mass is 32.1. The number of likely N-dealkylation sites (tertiary alicyclic amines) is 1. The van der Waals surface area contributed by atoms with Crippen LogP contribution in [0.1, 0.15) is 36.6 Å². The van der Waals surface area contributed by atoms with E-state index in [0.29, 0.717) is 12.0 Å². The summed E-state index contributed by atoms with van der Waals surface area (Å²) in [6.07, 6.45) is 4.94. The zero-order valence-electron chi connectivity index (χ0n) is 17.5. The monoisotopic (exact) mass is 407 g/mol. The summed E-state index contributed by atoms with van der Waals surface area (Å²) >= 11 is 1.88. The first-order chi connectivity index (χ1) is 13.8. The SMILES string of the molecule is CN=C(NCCCCN1CCOCC1)NCC1CCCN(C)C1c1cccs1. The lowest BCUT2D eigenvalue weighted by atomic mass is 9.88. The topological polar surface area (TPSA) is 52.1 Å². The van der Waals surface area contributed by atoms with Crippen molar-refractivity contribution in [1.29, 1.82) is 0 Å². The van der Waals surface area contributed by atoms with Gasteiger partial charge in [-0.05, 0) is 63.2 Å². The number of aliphatic imine (C=N–C) groups is 1. The van der Waals surface area contributed by atoms with Crippen LogP contribution in [0.3, 0.4) is 0 Å². The summed E-state index contributed by atoms with van der Waals surface area (Å²) in [5, 5.41) is 9.27. The number of nitrogens with one attached hydrogen (secondary N) is 2. The lowest BCUT2D eigenvalue weighted by molar-refractivity contribution is 0.0372. The van der Waals surface area contributed by atoms with Crippen molar-refractivity contribution in [3.8, 4) is 0 Å².